The Balaban J connectivity index is 0.000000213. The van der Waals surface area contributed by atoms with Gasteiger partial charge < -0.3 is 62.5 Å². The lowest BCUT2D eigenvalue weighted by Gasteiger charge is -2.36. The average Bonchev–Trinajstić information content (AvgIpc) is 0.758. The highest BCUT2D eigenvalue weighted by Crippen LogP contribution is 2.45. The van der Waals surface area contributed by atoms with Crippen LogP contribution in [0.25, 0.3) is 22.3 Å². The molecule has 0 saturated heterocycles. The molecule has 0 spiro atoms. The Bertz CT molecular complexity index is 4600. The van der Waals surface area contributed by atoms with Crippen LogP contribution in [0.5, 0.6) is 34.5 Å². The second-order valence-corrected chi connectivity index (χ2v) is 25.7. The number of aliphatic carboxylic acids is 1. The van der Waals surface area contributed by atoms with Gasteiger partial charge in [-0.3, -0.25) is 4.79 Å². The second kappa shape index (κ2) is 40.1. The number of ether oxygens (including phenoxy) is 9. The van der Waals surface area contributed by atoms with Gasteiger partial charge in [-0.15, -0.1) is 0 Å². The summed E-state index contributed by atoms with van der Waals surface area (Å²) in [6, 6.07) is 101. The Morgan fingerprint density at radius 1 is 0.333 bits per heavy atom. The van der Waals surface area contributed by atoms with Crippen molar-refractivity contribution in [3.8, 4) is 56.8 Å². The van der Waals surface area contributed by atoms with Crippen LogP contribution in [0, 0.1) is 0 Å². The number of quaternary nitrogens is 1. The number of carboxylic acids is 1. The standard InChI is InChI=1S/C46H42O8.C42H38O5.C6H15N/c1-50-41-23-17-39(18-24-41)46(38-13-4-3-5-14-38,40-19-25-42(51-2)26-20-40)54-30-33-9-8-12-35(29-33)34-15-21-43(22-16-34)52-31-36-10-6-7-11-37(36)32-53-45(49)28-27-44(47)48;1-44-39-23-17-37(18-24-39)42(36-13-4-3-5-14-36,38-19-25-40(45-2)26-20-38)47-29-31-9-8-12-33(27-31)32-15-21-41(22-16-32)46-30-35-11-7-6-10-34(35)28-43;1-4-7(5-2)6-3/h3-26,29H,27-28,30-32H2,1-2H3,(H,47,48);3-27,43H,28-30H2,1-2H3;4-6H2,1-3H3. The first-order chi connectivity index (χ1) is 52.8. The van der Waals surface area contributed by atoms with E-state index in [-0.39, 0.29) is 32.7 Å². The third-order valence-corrected chi connectivity index (χ3v) is 19.1. The lowest BCUT2D eigenvalue weighted by atomic mass is 9.80. The van der Waals surface area contributed by atoms with Crippen LogP contribution in [0.1, 0.15) is 100 Å². The number of rotatable bonds is 33. The highest BCUT2D eigenvalue weighted by atomic mass is 16.5. The van der Waals surface area contributed by atoms with Crippen LogP contribution >= 0.6 is 0 Å². The first kappa shape index (κ1) is 78.8. The summed E-state index contributed by atoms with van der Waals surface area (Å²) in [5, 5.41) is 20.3. The van der Waals surface area contributed by atoms with Crippen LogP contribution < -0.4 is 38.4 Å². The Labute approximate surface area is 635 Å². The maximum absolute atomic E-state index is 11.9. The first-order valence-electron chi connectivity index (χ1n) is 36.4. The van der Waals surface area contributed by atoms with E-state index in [1.807, 2.05) is 200 Å². The van der Waals surface area contributed by atoms with E-state index in [1.54, 1.807) is 33.3 Å². The number of hydrogen-bond donors (Lipinski definition) is 2. The van der Waals surface area contributed by atoms with Crippen molar-refractivity contribution < 1.29 is 67.3 Å². The van der Waals surface area contributed by atoms with Crippen LogP contribution in [-0.2, 0) is 74.6 Å². The SMILES string of the molecule is CC[NH+](CC)CC.COc1ccc(C(OCc2cccc(-c3ccc(OCc4ccccc4CO)cc3)c2)(c2ccccc2)c2ccc(OC)cc2)cc1.COc1ccc(C(OCc2cccc(-c3ccc(OCc4ccccc4COC(=O)CCC(=O)[O-])cc3)c2)(c2ccccc2)c2ccc(OC)cc2)cc1. The Morgan fingerprint density at radius 3 is 0.972 bits per heavy atom. The molecule has 2 N–H and O–H groups in total. The minimum absolute atomic E-state index is 0.00874. The molecule has 0 heterocycles. The molecule has 0 unspecified atom stereocenters. The van der Waals surface area contributed by atoms with E-state index in [1.165, 1.54) is 19.6 Å². The number of carbonyl (C=O) groups excluding carboxylic acids is 2. The molecule has 12 aromatic rings. The zero-order chi connectivity index (χ0) is 75.9. The molecule has 0 fully saturated rings. The summed E-state index contributed by atoms with van der Waals surface area (Å²) in [7, 11) is 6.66. The molecule has 108 heavy (non-hydrogen) atoms. The number of nitrogens with one attached hydrogen (secondary N) is 1. The lowest BCUT2D eigenvalue weighted by Crippen LogP contribution is -3.11. The number of aliphatic hydroxyl groups excluding tert-OH is 1. The molecule has 0 radical (unpaired) electrons. The molecule has 0 atom stereocenters. The number of benzene rings is 12. The van der Waals surface area contributed by atoms with E-state index in [4.69, 9.17) is 42.6 Å². The maximum Gasteiger partial charge on any atom is 0.306 e. The molecular weight excluding hydrogens is 1350 g/mol. The Kier molecular flexibility index (Phi) is 29.2. The summed E-state index contributed by atoms with van der Waals surface area (Å²) in [6.45, 7) is 11.9. The summed E-state index contributed by atoms with van der Waals surface area (Å²) >= 11 is 0. The summed E-state index contributed by atoms with van der Waals surface area (Å²) in [5.74, 6) is 2.66. The van der Waals surface area contributed by atoms with Crippen molar-refractivity contribution in [2.75, 3.05) is 48.1 Å². The zero-order valence-corrected chi connectivity index (χ0v) is 62.5. The van der Waals surface area contributed by atoms with Crippen molar-refractivity contribution in [1.82, 2.24) is 0 Å². The van der Waals surface area contributed by atoms with Crippen LogP contribution in [0.4, 0.5) is 0 Å². The molecular formula is C94H95NO13. The third-order valence-electron chi connectivity index (χ3n) is 19.1. The molecule has 0 aliphatic rings. The summed E-state index contributed by atoms with van der Waals surface area (Å²) in [5.41, 5.74) is 13.8. The molecule has 0 bridgehead atoms. The minimum Gasteiger partial charge on any atom is -0.550 e. The van der Waals surface area contributed by atoms with Gasteiger partial charge in [-0.05, 0) is 201 Å². The summed E-state index contributed by atoms with van der Waals surface area (Å²) in [4.78, 5) is 24.2. The van der Waals surface area contributed by atoms with Gasteiger partial charge >= 0.3 is 5.97 Å². The van der Waals surface area contributed by atoms with E-state index in [9.17, 15) is 19.8 Å². The minimum atomic E-state index is -1.29. The molecule has 0 aromatic heterocycles. The van der Waals surface area contributed by atoms with Gasteiger partial charge in [0.15, 0.2) is 0 Å². The van der Waals surface area contributed by atoms with Gasteiger partial charge in [-0.2, -0.15) is 0 Å². The monoisotopic (exact) mass is 1450 g/mol. The van der Waals surface area contributed by atoms with Gasteiger partial charge in [-0.1, -0.05) is 218 Å². The molecule has 12 aromatic carbocycles. The average molecular weight is 1450 g/mol. The van der Waals surface area contributed by atoms with Gasteiger partial charge in [-0.25, -0.2) is 0 Å². The number of methoxy groups -OCH3 is 4. The number of carboxylic acid groups (broad SMARTS) is 1. The molecule has 12 rings (SSSR count). The predicted molar refractivity (Wildman–Crippen MR) is 422 cm³/mol. The maximum atomic E-state index is 11.9. The number of carbonyl (C=O) groups is 2. The van der Waals surface area contributed by atoms with Crippen molar-refractivity contribution in [3.05, 3.63) is 370 Å². The van der Waals surface area contributed by atoms with Gasteiger partial charge in [0.2, 0.25) is 0 Å². The summed E-state index contributed by atoms with van der Waals surface area (Å²) < 4.78 is 53.6. The van der Waals surface area contributed by atoms with Gasteiger partial charge in [0.1, 0.15) is 65.5 Å². The third kappa shape index (κ3) is 20.8. The van der Waals surface area contributed by atoms with E-state index in [2.05, 4.69) is 124 Å². The van der Waals surface area contributed by atoms with E-state index in [0.29, 0.717) is 25.6 Å². The quantitative estimate of drug-likeness (QED) is 0.0295. The Morgan fingerprint density at radius 2 is 0.648 bits per heavy atom. The number of aliphatic hydroxyl groups is 1. The van der Waals surface area contributed by atoms with Gasteiger partial charge in [0.25, 0.3) is 0 Å². The topological polar surface area (TPSA) is 165 Å². The van der Waals surface area contributed by atoms with Crippen molar-refractivity contribution >= 4 is 11.9 Å². The molecule has 14 heteroatoms. The molecule has 0 saturated carbocycles. The number of hydrogen-bond acceptors (Lipinski definition) is 13. The van der Waals surface area contributed by atoms with Crippen molar-refractivity contribution in [1.29, 1.82) is 0 Å². The van der Waals surface area contributed by atoms with Crippen LogP contribution in [0.2, 0.25) is 0 Å². The van der Waals surface area contributed by atoms with Crippen molar-refractivity contribution in [3.63, 3.8) is 0 Å². The largest absolute Gasteiger partial charge is 0.550 e. The van der Waals surface area contributed by atoms with E-state index < -0.39 is 23.1 Å². The highest BCUT2D eigenvalue weighted by molar-refractivity contribution is 5.75. The van der Waals surface area contributed by atoms with Gasteiger partial charge in [0, 0.05) is 5.97 Å². The molecule has 554 valence electrons. The normalized spacial score (nSPS) is 11.1. The fraction of sp³-hybridized carbons (Fsp3) is 0.213. The van der Waals surface area contributed by atoms with Crippen LogP contribution in [-0.4, -0.2) is 65.1 Å². The smallest absolute Gasteiger partial charge is 0.306 e. The first-order valence-corrected chi connectivity index (χ1v) is 36.4. The Hall–Kier alpha value is -11.8. The molecule has 0 aliphatic carbocycles. The fourth-order valence-corrected chi connectivity index (χ4v) is 12.9. The number of esters is 1. The fourth-order valence-electron chi connectivity index (χ4n) is 12.9. The molecule has 0 amide bonds. The van der Waals surface area contributed by atoms with Crippen LogP contribution in [0.3, 0.4) is 0 Å². The predicted octanol–water partition coefficient (Wildman–Crippen LogP) is 16.9. The second-order valence-electron chi connectivity index (χ2n) is 25.7. The van der Waals surface area contributed by atoms with E-state index >= 15 is 0 Å². The lowest BCUT2D eigenvalue weighted by molar-refractivity contribution is -0.894. The van der Waals surface area contributed by atoms with Crippen LogP contribution in [0.15, 0.2) is 303 Å². The summed E-state index contributed by atoms with van der Waals surface area (Å²) in [6.07, 6.45) is -0.604. The van der Waals surface area contributed by atoms with Crippen molar-refractivity contribution in [2.45, 2.75) is 84.5 Å². The highest BCUT2D eigenvalue weighted by Gasteiger charge is 2.39. The molecule has 0 aliphatic heterocycles. The van der Waals surface area contributed by atoms with E-state index in [0.717, 1.165) is 118 Å². The zero-order valence-electron chi connectivity index (χ0n) is 62.5. The molecule has 14 nitrogen and oxygen atoms in total. The van der Waals surface area contributed by atoms with Crippen molar-refractivity contribution in [2.24, 2.45) is 0 Å². The van der Waals surface area contributed by atoms with Gasteiger partial charge in [0.05, 0.1) is 74.3 Å².